The predicted molar refractivity (Wildman–Crippen MR) is 110 cm³/mol. The zero-order valence-electron chi connectivity index (χ0n) is 16.0. The van der Waals surface area contributed by atoms with Crippen LogP contribution in [0.15, 0.2) is 54.6 Å². The van der Waals surface area contributed by atoms with E-state index >= 15 is 0 Å². The molecule has 1 amide bonds. The topological polar surface area (TPSA) is 75.7 Å². The molecular weight excluding hydrogens is 376 g/mol. The first-order chi connectivity index (χ1) is 13.5. The first kappa shape index (κ1) is 20.2. The van der Waals surface area contributed by atoms with Crippen LogP contribution in [0.5, 0.6) is 5.75 Å². The number of fused-ring (bicyclic) bond motifs is 1. The second-order valence-electron chi connectivity index (χ2n) is 6.85. The Hall–Kier alpha value is -2.54. The molecule has 0 saturated carbocycles. The van der Waals surface area contributed by atoms with Crippen molar-refractivity contribution in [1.82, 2.24) is 5.32 Å². The number of carbonyl (C=O) groups excluding carboxylic acids is 1. The van der Waals surface area contributed by atoms with Gasteiger partial charge in [-0.2, -0.15) is 0 Å². The molecule has 1 N–H and O–H groups in total. The average molecular weight is 403 g/mol. The quantitative estimate of drug-likeness (QED) is 0.689. The van der Waals surface area contributed by atoms with Crippen LogP contribution in [0.25, 0.3) is 0 Å². The summed E-state index contributed by atoms with van der Waals surface area (Å²) < 4.78 is 33.4. The van der Waals surface area contributed by atoms with Gasteiger partial charge < -0.3 is 10.1 Å². The second kappa shape index (κ2) is 9.10. The fourth-order valence-corrected chi connectivity index (χ4v) is 4.75. The lowest BCUT2D eigenvalue weighted by Crippen LogP contribution is -2.51. The van der Waals surface area contributed by atoms with E-state index in [0.717, 1.165) is 19.3 Å². The highest BCUT2D eigenvalue weighted by atomic mass is 32.2. The van der Waals surface area contributed by atoms with Crippen molar-refractivity contribution in [2.24, 2.45) is 0 Å². The fourth-order valence-electron chi connectivity index (χ4n) is 3.17. The summed E-state index contributed by atoms with van der Waals surface area (Å²) >= 11 is 0. The molecule has 3 rings (SSSR count). The summed E-state index contributed by atoms with van der Waals surface area (Å²) in [5, 5.41) is 2.85. The number of hydrogen-bond donors (Lipinski definition) is 1. The molecule has 1 aliphatic rings. The minimum atomic E-state index is -3.67. The molecule has 1 heterocycles. The number of nitrogens with one attached hydrogen (secondary N) is 1. The molecule has 1 unspecified atom stereocenters. The number of anilines is 1. The third-order valence-electron chi connectivity index (χ3n) is 4.63. The van der Waals surface area contributed by atoms with Crippen molar-refractivity contribution < 1.29 is 17.9 Å². The Morgan fingerprint density at radius 2 is 1.82 bits per heavy atom. The van der Waals surface area contributed by atoms with Crippen LogP contribution in [-0.4, -0.2) is 33.5 Å². The first-order valence-corrected chi connectivity index (χ1v) is 11.2. The number of rotatable bonds is 8. The number of sulfonamides is 1. The second-order valence-corrected chi connectivity index (χ2v) is 8.74. The van der Waals surface area contributed by atoms with Crippen molar-refractivity contribution in [2.45, 2.75) is 38.0 Å². The van der Waals surface area contributed by atoms with Gasteiger partial charge in [-0.05, 0) is 24.1 Å². The van der Waals surface area contributed by atoms with Gasteiger partial charge in [-0.25, -0.2) is 8.42 Å². The van der Waals surface area contributed by atoms with E-state index in [0.29, 0.717) is 23.5 Å². The Bertz CT molecular complexity index is 900. The third-order valence-corrected chi connectivity index (χ3v) is 6.35. The van der Waals surface area contributed by atoms with Crippen molar-refractivity contribution in [3.63, 3.8) is 0 Å². The summed E-state index contributed by atoms with van der Waals surface area (Å²) in [6.45, 7) is 2.62. The molecule has 0 saturated heterocycles. The van der Waals surface area contributed by atoms with Crippen molar-refractivity contribution in [3.8, 4) is 5.75 Å². The number of unbranched alkanes of at least 4 members (excludes halogenated alkanes) is 2. The van der Waals surface area contributed by atoms with E-state index in [1.807, 2.05) is 18.2 Å². The maximum Gasteiger partial charge on any atom is 0.263 e. The van der Waals surface area contributed by atoms with Gasteiger partial charge in [0.2, 0.25) is 10.0 Å². The lowest BCUT2D eigenvalue weighted by molar-refractivity contribution is -0.127. The Labute approximate surface area is 166 Å². The summed E-state index contributed by atoms with van der Waals surface area (Å²) in [7, 11) is -3.67. The van der Waals surface area contributed by atoms with Gasteiger partial charge in [0.1, 0.15) is 5.75 Å². The van der Waals surface area contributed by atoms with Gasteiger partial charge in [-0.3, -0.25) is 9.10 Å². The summed E-state index contributed by atoms with van der Waals surface area (Å²) in [4.78, 5) is 12.5. The summed E-state index contributed by atoms with van der Waals surface area (Å²) in [5.74, 6) is -0.0165. The standard InChI is InChI=1S/C21H26N2O4S/c1-2-3-9-14-22-21(24)20-15-23(18-12-7-8-13-19(18)27-20)28(25,26)16-17-10-5-4-6-11-17/h4-8,10-13,20H,2-3,9,14-16H2,1H3,(H,22,24). The Morgan fingerprint density at radius 3 is 2.57 bits per heavy atom. The maximum atomic E-state index is 13.1. The van der Waals surface area contributed by atoms with Gasteiger partial charge in [0, 0.05) is 6.54 Å². The van der Waals surface area contributed by atoms with Crippen LogP contribution in [0, 0.1) is 0 Å². The zero-order valence-corrected chi connectivity index (χ0v) is 16.8. The number of benzene rings is 2. The summed E-state index contributed by atoms with van der Waals surface area (Å²) in [6, 6.07) is 15.9. The predicted octanol–water partition coefficient (Wildman–Crippen LogP) is 3.09. The van der Waals surface area contributed by atoms with Crippen LogP contribution in [-0.2, 0) is 20.6 Å². The molecule has 0 aromatic heterocycles. The van der Waals surface area contributed by atoms with Crippen LogP contribution in [0.2, 0.25) is 0 Å². The number of amides is 1. The highest BCUT2D eigenvalue weighted by Crippen LogP contribution is 2.35. The zero-order chi connectivity index (χ0) is 20.0. The lowest BCUT2D eigenvalue weighted by atomic mass is 10.2. The lowest BCUT2D eigenvalue weighted by Gasteiger charge is -2.34. The Balaban J connectivity index is 1.80. The first-order valence-electron chi connectivity index (χ1n) is 9.59. The molecule has 28 heavy (non-hydrogen) atoms. The van der Waals surface area contributed by atoms with Gasteiger partial charge >= 0.3 is 0 Å². The van der Waals surface area contributed by atoms with Crippen molar-refractivity contribution >= 4 is 21.6 Å². The van der Waals surface area contributed by atoms with Gasteiger partial charge in [-0.15, -0.1) is 0 Å². The largest absolute Gasteiger partial charge is 0.476 e. The van der Waals surface area contributed by atoms with Crippen molar-refractivity contribution in [3.05, 3.63) is 60.2 Å². The Morgan fingerprint density at radius 1 is 1.11 bits per heavy atom. The summed E-state index contributed by atoms with van der Waals surface area (Å²) in [5.41, 5.74) is 1.17. The van der Waals surface area contributed by atoms with Crippen LogP contribution >= 0.6 is 0 Å². The molecular formula is C21H26N2O4S. The van der Waals surface area contributed by atoms with Crippen LogP contribution in [0.1, 0.15) is 31.7 Å². The van der Waals surface area contributed by atoms with E-state index in [4.69, 9.17) is 4.74 Å². The van der Waals surface area contributed by atoms with Crippen molar-refractivity contribution in [1.29, 1.82) is 0 Å². The van der Waals surface area contributed by atoms with E-state index in [1.54, 1.807) is 36.4 Å². The third kappa shape index (κ3) is 4.84. The monoisotopic (exact) mass is 402 g/mol. The smallest absolute Gasteiger partial charge is 0.263 e. The normalized spacial score (nSPS) is 16.2. The van der Waals surface area contributed by atoms with Crippen LogP contribution in [0.4, 0.5) is 5.69 Å². The highest BCUT2D eigenvalue weighted by Gasteiger charge is 2.36. The van der Waals surface area contributed by atoms with Gasteiger partial charge in [0.05, 0.1) is 18.0 Å². The molecule has 0 bridgehead atoms. The molecule has 0 radical (unpaired) electrons. The Kier molecular flexibility index (Phi) is 6.57. The molecule has 0 aliphatic carbocycles. The molecule has 1 aliphatic heterocycles. The molecule has 2 aromatic carbocycles. The average Bonchev–Trinajstić information content (AvgIpc) is 2.70. The SMILES string of the molecule is CCCCCNC(=O)C1CN(S(=O)(=O)Cc2ccccc2)c2ccccc2O1. The maximum absolute atomic E-state index is 13.1. The van der Waals surface area contributed by atoms with E-state index in [-0.39, 0.29) is 18.2 Å². The van der Waals surface area contributed by atoms with Gasteiger partial charge in [0.25, 0.3) is 5.91 Å². The van der Waals surface area contributed by atoms with E-state index in [1.165, 1.54) is 4.31 Å². The van der Waals surface area contributed by atoms with E-state index in [2.05, 4.69) is 12.2 Å². The van der Waals surface area contributed by atoms with E-state index < -0.39 is 16.1 Å². The highest BCUT2D eigenvalue weighted by molar-refractivity contribution is 7.92. The molecule has 0 fully saturated rings. The van der Waals surface area contributed by atoms with E-state index in [9.17, 15) is 13.2 Å². The van der Waals surface area contributed by atoms with Gasteiger partial charge in [-0.1, -0.05) is 62.2 Å². The minimum Gasteiger partial charge on any atom is -0.476 e. The molecule has 6 nitrogen and oxygen atoms in total. The minimum absolute atomic E-state index is 0.0359. The number of hydrogen-bond acceptors (Lipinski definition) is 4. The number of carbonyl (C=O) groups is 1. The molecule has 0 spiro atoms. The van der Waals surface area contributed by atoms with Crippen LogP contribution in [0.3, 0.4) is 0 Å². The molecule has 2 aromatic rings. The van der Waals surface area contributed by atoms with Gasteiger partial charge in [0.15, 0.2) is 6.10 Å². The fraction of sp³-hybridized carbons (Fsp3) is 0.381. The summed E-state index contributed by atoms with van der Waals surface area (Å²) in [6.07, 6.45) is 2.12. The molecule has 1 atom stereocenters. The number of ether oxygens (including phenoxy) is 1. The number of para-hydroxylation sites is 2. The molecule has 150 valence electrons. The van der Waals surface area contributed by atoms with Crippen molar-refractivity contribution in [2.75, 3.05) is 17.4 Å². The number of nitrogens with zero attached hydrogens (tertiary/aromatic N) is 1. The molecule has 7 heteroatoms. The van der Waals surface area contributed by atoms with Crippen LogP contribution < -0.4 is 14.4 Å².